The Morgan fingerprint density at radius 2 is 2.07 bits per heavy atom. The highest BCUT2D eigenvalue weighted by Crippen LogP contribution is 2.23. The fourth-order valence-corrected chi connectivity index (χ4v) is 3.70. The zero-order chi connectivity index (χ0) is 20.8. The monoisotopic (exact) mass is 411 g/mol. The topological polar surface area (TPSA) is 89.0 Å². The van der Waals surface area contributed by atoms with E-state index in [1.165, 1.54) is 0 Å². The van der Waals surface area contributed by atoms with E-state index in [0.29, 0.717) is 25.7 Å². The normalized spacial score (nSPS) is 18.2. The summed E-state index contributed by atoms with van der Waals surface area (Å²) in [6, 6.07) is 6.10. The van der Waals surface area contributed by atoms with Gasteiger partial charge in [-0.05, 0) is 39.3 Å². The second kappa shape index (κ2) is 9.60. The molecule has 2 rings (SSSR count). The van der Waals surface area contributed by atoms with Crippen molar-refractivity contribution in [1.82, 2.24) is 10.6 Å². The molecule has 1 heterocycles. The summed E-state index contributed by atoms with van der Waals surface area (Å²) in [5.41, 5.74) is 2.15. The van der Waals surface area contributed by atoms with Crippen LogP contribution in [-0.2, 0) is 21.1 Å². The molecule has 1 aliphatic rings. The number of nitrogens with zero attached hydrogens (tertiary/aromatic N) is 1. The highest BCUT2D eigenvalue weighted by molar-refractivity contribution is 7.92. The first kappa shape index (κ1) is 22.5. The van der Waals surface area contributed by atoms with Gasteiger partial charge in [0.25, 0.3) is 0 Å². The average molecular weight is 412 g/mol. The smallest absolute Gasteiger partial charge is 0.191 e. The van der Waals surface area contributed by atoms with Crippen LogP contribution in [0.1, 0.15) is 38.3 Å². The van der Waals surface area contributed by atoms with Gasteiger partial charge >= 0.3 is 0 Å². The molecule has 1 aliphatic heterocycles. The van der Waals surface area contributed by atoms with Crippen LogP contribution in [-0.4, -0.2) is 57.8 Å². The van der Waals surface area contributed by atoms with Crippen LogP contribution < -0.4 is 15.4 Å². The quantitative estimate of drug-likeness (QED) is 0.527. The zero-order valence-electron chi connectivity index (χ0n) is 17.5. The van der Waals surface area contributed by atoms with Gasteiger partial charge in [0.2, 0.25) is 0 Å². The Labute approximate surface area is 168 Å². The van der Waals surface area contributed by atoms with Crippen molar-refractivity contribution in [3.05, 3.63) is 29.3 Å². The molecule has 1 atom stereocenters. The predicted octanol–water partition coefficient (Wildman–Crippen LogP) is 2.04. The van der Waals surface area contributed by atoms with Crippen LogP contribution in [0.5, 0.6) is 5.75 Å². The number of ether oxygens (including phenoxy) is 2. The summed E-state index contributed by atoms with van der Waals surface area (Å²) < 4.78 is 35.2. The molecule has 2 N–H and O–H groups in total. The fraction of sp³-hybridized carbons (Fsp3) is 0.650. The average Bonchev–Trinajstić information content (AvgIpc) is 3.11. The molecule has 28 heavy (non-hydrogen) atoms. The number of guanidine groups is 1. The summed E-state index contributed by atoms with van der Waals surface area (Å²) in [7, 11) is -1.51. The molecule has 8 heteroatoms. The first-order chi connectivity index (χ1) is 13.1. The van der Waals surface area contributed by atoms with Crippen molar-refractivity contribution in [2.45, 2.75) is 51.5 Å². The maximum atomic E-state index is 12.2. The lowest BCUT2D eigenvalue weighted by atomic mass is 10.1. The van der Waals surface area contributed by atoms with Gasteiger partial charge in [0.1, 0.15) is 11.9 Å². The lowest BCUT2D eigenvalue weighted by molar-refractivity contribution is 0.140. The van der Waals surface area contributed by atoms with Gasteiger partial charge in [0.05, 0.1) is 23.7 Å². The largest absolute Gasteiger partial charge is 0.488 e. The van der Waals surface area contributed by atoms with Crippen LogP contribution in [0, 0.1) is 6.92 Å². The predicted molar refractivity (Wildman–Crippen MR) is 113 cm³/mol. The molecule has 0 amide bonds. The summed E-state index contributed by atoms with van der Waals surface area (Å²) in [5.74, 6) is 1.45. The number of nitrogens with one attached hydrogen (secondary N) is 2. The van der Waals surface area contributed by atoms with Gasteiger partial charge in [-0.25, -0.2) is 8.42 Å². The number of hydrogen-bond acceptors (Lipinski definition) is 5. The molecule has 7 nitrogen and oxygen atoms in total. The number of rotatable bonds is 7. The fourth-order valence-electron chi connectivity index (χ4n) is 2.71. The minimum atomic E-state index is -3.17. The Kier molecular flexibility index (Phi) is 7.71. The van der Waals surface area contributed by atoms with Gasteiger partial charge in [-0.3, -0.25) is 4.99 Å². The second-order valence-corrected chi connectivity index (χ2v) is 10.9. The SMILES string of the molecule is CN=C(NCCS(=O)(=O)C(C)(C)C)NCc1ccc(C)cc1OC1CCOC1. The molecule has 1 aromatic rings. The molecule has 0 radical (unpaired) electrons. The van der Waals surface area contributed by atoms with E-state index in [9.17, 15) is 8.42 Å². The number of benzene rings is 1. The van der Waals surface area contributed by atoms with Crippen LogP contribution in [0.15, 0.2) is 23.2 Å². The molecule has 1 saturated heterocycles. The van der Waals surface area contributed by atoms with Crippen molar-refractivity contribution in [2.75, 3.05) is 32.6 Å². The van der Waals surface area contributed by atoms with Crippen LogP contribution >= 0.6 is 0 Å². The summed E-state index contributed by atoms with van der Waals surface area (Å²) in [6.07, 6.45) is 0.979. The van der Waals surface area contributed by atoms with Crippen molar-refractivity contribution in [1.29, 1.82) is 0 Å². The van der Waals surface area contributed by atoms with E-state index in [2.05, 4.69) is 15.6 Å². The Morgan fingerprint density at radius 1 is 1.32 bits per heavy atom. The van der Waals surface area contributed by atoms with Crippen LogP contribution in [0.4, 0.5) is 0 Å². The summed E-state index contributed by atoms with van der Waals surface area (Å²) in [5, 5.41) is 6.30. The van der Waals surface area contributed by atoms with Crippen molar-refractivity contribution in [3.63, 3.8) is 0 Å². The summed E-state index contributed by atoms with van der Waals surface area (Å²) in [6.45, 7) is 9.34. The molecule has 0 spiro atoms. The number of aryl methyl sites for hydroxylation is 1. The minimum absolute atomic E-state index is 0.0533. The van der Waals surface area contributed by atoms with E-state index in [4.69, 9.17) is 9.47 Å². The highest BCUT2D eigenvalue weighted by Gasteiger charge is 2.28. The molecule has 1 aromatic carbocycles. The molecule has 1 unspecified atom stereocenters. The first-order valence-corrected chi connectivity index (χ1v) is 11.3. The van der Waals surface area contributed by atoms with E-state index < -0.39 is 14.6 Å². The Bertz CT molecular complexity index is 779. The third-order valence-electron chi connectivity index (χ3n) is 4.67. The maximum absolute atomic E-state index is 12.2. The van der Waals surface area contributed by atoms with Gasteiger partial charge in [-0.2, -0.15) is 0 Å². The van der Waals surface area contributed by atoms with Crippen molar-refractivity contribution in [2.24, 2.45) is 4.99 Å². The molecule has 0 bridgehead atoms. The van der Waals surface area contributed by atoms with E-state index in [0.717, 1.165) is 29.9 Å². The van der Waals surface area contributed by atoms with Gasteiger partial charge in [-0.15, -0.1) is 0 Å². The number of sulfone groups is 1. The molecule has 158 valence electrons. The molecule has 0 aromatic heterocycles. The Balaban J connectivity index is 1.92. The summed E-state index contributed by atoms with van der Waals surface area (Å²) >= 11 is 0. The molecule has 0 saturated carbocycles. The van der Waals surface area contributed by atoms with Gasteiger partial charge in [0, 0.05) is 32.1 Å². The second-order valence-electron chi connectivity index (χ2n) is 8.00. The van der Waals surface area contributed by atoms with E-state index in [-0.39, 0.29) is 11.9 Å². The standard InChI is InChI=1S/C20H33N3O4S/c1-15-6-7-16(18(12-15)27-17-8-10-26-14-17)13-23-19(21-5)22-9-11-28(24,25)20(2,3)4/h6-7,12,17H,8-11,13-14H2,1-5H3,(H2,21,22,23). The van der Waals surface area contributed by atoms with Crippen molar-refractivity contribution >= 4 is 15.8 Å². The zero-order valence-corrected chi connectivity index (χ0v) is 18.4. The van der Waals surface area contributed by atoms with E-state index in [1.807, 2.05) is 25.1 Å². The minimum Gasteiger partial charge on any atom is -0.488 e. The maximum Gasteiger partial charge on any atom is 0.191 e. The molecular formula is C20H33N3O4S. The number of aliphatic imine (C=N–C) groups is 1. The van der Waals surface area contributed by atoms with Crippen molar-refractivity contribution < 1.29 is 17.9 Å². The van der Waals surface area contributed by atoms with E-state index in [1.54, 1.807) is 27.8 Å². The highest BCUT2D eigenvalue weighted by atomic mass is 32.2. The molecule has 1 fully saturated rings. The molecule has 0 aliphatic carbocycles. The Morgan fingerprint density at radius 3 is 2.68 bits per heavy atom. The lowest BCUT2D eigenvalue weighted by Gasteiger charge is -2.20. The van der Waals surface area contributed by atoms with Crippen LogP contribution in [0.3, 0.4) is 0 Å². The van der Waals surface area contributed by atoms with Gasteiger partial charge in [0.15, 0.2) is 15.8 Å². The lowest BCUT2D eigenvalue weighted by Crippen LogP contribution is -2.41. The number of hydrogen-bond donors (Lipinski definition) is 2. The van der Waals surface area contributed by atoms with Crippen molar-refractivity contribution in [3.8, 4) is 5.75 Å². The first-order valence-electron chi connectivity index (χ1n) is 9.63. The summed E-state index contributed by atoms with van der Waals surface area (Å²) in [4.78, 5) is 4.17. The van der Waals surface area contributed by atoms with Crippen LogP contribution in [0.2, 0.25) is 0 Å². The third-order valence-corrected chi connectivity index (χ3v) is 7.28. The van der Waals surface area contributed by atoms with Crippen LogP contribution in [0.25, 0.3) is 0 Å². The van der Waals surface area contributed by atoms with Gasteiger partial charge in [-0.1, -0.05) is 12.1 Å². The Hall–Kier alpha value is -1.80. The molecular weight excluding hydrogens is 378 g/mol. The third kappa shape index (κ3) is 6.38. The van der Waals surface area contributed by atoms with E-state index >= 15 is 0 Å². The van der Waals surface area contributed by atoms with Gasteiger partial charge < -0.3 is 20.1 Å².